The maximum absolute atomic E-state index is 4.80. The Morgan fingerprint density at radius 1 is 1.06 bits per heavy atom. The van der Waals surface area contributed by atoms with E-state index in [0.29, 0.717) is 6.04 Å². The molecule has 1 fully saturated rings. The standard InChI is InChI=1S/C24H30N6.HI/c1-2-25-24(28-21-14-18-29(19-21)22-7-4-3-5-8-22)26-16-13-20-9-11-23(12-10-20)30-17-6-15-27-30;/h3-12,15,17,21H,2,13-14,16,18-19H2,1H3,(H2,25,26,28);1H. The van der Waals surface area contributed by atoms with Crippen LogP contribution in [0, 0.1) is 0 Å². The van der Waals surface area contributed by atoms with Gasteiger partial charge in [-0.3, -0.25) is 4.99 Å². The molecule has 1 unspecified atom stereocenters. The first kappa shape index (κ1) is 23.1. The summed E-state index contributed by atoms with van der Waals surface area (Å²) in [6.45, 7) is 5.80. The maximum Gasteiger partial charge on any atom is 0.191 e. The number of aromatic nitrogens is 2. The Morgan fingerprint density at radius 3 is 2.58 bits per heavy atom. The van der Waals surface area contributed by atoms with Crippen LogP contribution in [0.1, 0.15) is 18.9 Å². The number of halogens is 1. The highest BCUT2D eigenvalue weighted by molar-refractivity contribution is 14.0. The second-order valence-corrected chi connectivity index (χ2v) is 7.54. The molecule has 1 saturated heterocycles. The third kappa shape index (κ3) is 6.46. The molecule has 2 aromatic carbocycles. The van der Waals surface area contributed by atoms with Gasteiger partial charge in [-0.05, 0) is 55.7 Å². The molecule has 0 amide bonds. The summed E-state index contributed by atoms with van der Waals surface area (Å²) < 4.78 is 1.87. The highest BCUT2D eigenvalue weighted by Gasteiger charge is 2.23. The fourth-order valence-electron chi connectivity index (χ4n) is 3.80. The molecule has 4 rings (SSSR count). The predicted octanol–water partition coefficient (Wildman–Crippen LogP) is 3.87. The number of guanidine groups is 1. The molecule has 2 N–H and O–H groups in total. The minimum Gasteiger partial charge on any atom is -0.369 e. The van der Waals surface area contributed by atoms with Crippen molar-refractivity contribution in [2.75, 3.05) is 31.1 Å². The second kappa shape index (κ2) is 11.7. The van der Waals surface area contributed by atoms with E-state index in [2.05, 4.69) is 82.2 Å². The van der Waals surface area contributed by atoms with Gasteiger partial charge in [0, 0.05) is 50.3 Å². The Hall–Kier alpha value is -2.55. The van der Waals surface area contributed by atoms with Crippen LogP contribution in [0.3, 0.4) is 0 Å². The third-order valence-electron chi connectivity index (χ3n) is 5.37. The van der Waals surface area contributed by atoms with Gasteiger partial charge in [-0.25, -0.2) is 4.68 Å². The van der Waals surface area contributed by atoms with E-state index in [1.54, 1.807) is 6.20 Å². The number of hydrogen-bond acceptors (Lipinski definition) is 3. The molecule has 7 heteroatoms. The van der Waals surface area contributed by atoms with Crippen molar-refractivity contribution in [2.24, 2.45) is 4.99 Å². The average Bonchev–Trinajstić information content (AvgIpc) is 3.48. The van der Waals surface area contributed by atoms with Crippen LogP contribution < -0.4 is 15.5 Å². The Balaban J connectivity index is 0.00000272. The van der Waals surface area contributed by atoms with E-state index in [4.69, 9.17) is 4.99 Å². The van der Waals surface area contributed by atoms with Crippen molar-refractivity contribution in [3.63, 3.8) is 0 Å². The van der Waals surface area contributed by atoms with Gasteiger partial charge in [0.1, 0.15) is 0 Å². The summed E-state index contributed by atoms with van der Waals surface area (Å²) >= 11 is 0. The number of benzene rings is 2. The molecule has 1 aliphatic rings. The largest absolute Gasteiger partial charge is 0.369 e. The van der Waals surface area contributed by atoms with E-state index >= 15 is 0 Å². The van der Waals surface area contributed by atoms with Gasteiger partial charge in [0.25, 0.3) is 0 Å². The number of hydrogen-bond donors (Lipinski definition) is 2. The van der Waals surface area contributed by atoms with Crippen LogP contribution >= 0.6 is 24.0 Å². The minimum atomic E-state index is 0. The van der Waals surface area contributed by atoms with Gasteiger partial charge in [-0.2, -0.15) is 5.10 Å². The smallest absolute Gasteiger partial charge is 0.191 e. The molecule has 6 nitrogen and oxygen atoms in total. The fourth-order valence-corrected chi connectivity index (χ4v) is 3.80. The lowest BCUT2D eigenvalue weighted by Gasteiger charge is -2.20. The summed E-state index contributed by atoms with van der Waals surface area (Å²) in [5, 5.41) is 11.3. The van der Waals surface area contributed by atoms with Gasteiger partial charge in [-0.15, -0.1) is 24.0 Å². The molecule has 164 valence electrons. The van der Waals surface area contributed by atoms with Crippen molar-refractivity contribution in [1.29, 1.82) is 0 Å². The van der Waals surface area contributed by atoms with Crippen LogP contribution in [0.25, 0.3) is 5.69 Å². The summed E-state index contributed by atoms with van der Waals surface area (Å²) in [4.78, 5) is 7.23. The topological polar surface area (TPSA) is 57.5 Å². The number of para-hydroxylation sites is 1. The first-order chi connectivity index (χ1) is 14.8. The number of rotatable bonds is 7. The van der Waals surface area contributed by atoms with Crippen molar-refractivity contribution in [3.05, 3.63) is 78.6 Å². The molecular weight excluding hydrogens is 499 g/mol. The zero-order valence-electron chi connectivity index (χ0n) is 17.9. The van der Waals surface area contributed by atoms with Gasteiger partial charge >= 0.3 is 0 Å². The molecule has 0 bridgehead atoms. The van der Waals surface area contributed by atoms with Crippen molar-refractivity contribution in [2.45, 2.75) is 25.8 Å². The zero-order chi connectivity index (χ0) is 20.6. The summed E-state index contributed by atoms with van der Waals surface area (Å²) in [7, 11) is 0. The van der Waals surface area contributed by atoms with Crippen LogP contribution in [0.5, 0.6) is 0 Å². The molecule has 1 atom stereocenters. The first-order valence-electron chi connectivity index (χ1n) is 10.8. The second-order valence-electron chi connectivity index (χ2n) is 7.54. The van der Waals surface area contributed by atoms with Crippen LogP contribution in [0.4, 0.5) is 5.69 Å². The van der Waals surface area contributed by atoms with Crippen molar-refractivity contribution >= 4 is 35.6 Å². The maximum atomic E-state index is 4.80. The van der Waals surface area contributed by atoms with Gasteiger partial charge in [0.05, 0.1) is 5.69 Å². The minimum absolute atomic E-state index is 0. The fraction of sp³-hybridized carbons (Fsp3) is 0.333. The van der Waals surface area contributed by atoms with Gasteiger partial charge in [0.15, 0.2) is 5.96 Å². The molecule has 3 aromatic rings. The summed E-state index contributed by atoms with van der Waals surface area (Å²) in [6.07, 6.45) is 5.78. The Morgan fingerprint density at radius 2 is 1.87 bits per heavy atom. The number of nitrogens with zero attached hydrogens (tertiary/aromatic N) is 4. The predicted molar refractivity (Wildman–Crippen MR) is 139 cm³/mol. The lowest BCUT2D eigenvalue weighted by atomic mass is 10.1. The van der Waals surface area contributed by atoms with E-state index in [9.17, 15) is 0 Å². The van der Waals surface area contributed by atoms with E-state index in [0.717, 1.165) is 50.7 Å². The zero-order valence-corrected chi connectivity index (χ0v) is 20.3. The van der Waals surface area contributed by atoms with Gasteiger partial charge < -0.3 is 15.5 Å². The highest BCUT2D eigenvalue weighted by atomic mass is 127. The van der Waals surface area contributed by atoms with E-state index in [-0.39, 0.29) is 24.0 Å². The molecule has 1 aliphatic heterocycles. The SMILES string of the molecule is CCNC(=NCCc1ccc(-n2cccn2)cc1)NC1CCN(c2ccccc2)C1.I. The van der Waals surface area contributed by atoms with Crippen LogP contribution in [0.15, 0.2) is 78.0 Å². The number of anilines is 1. The van der Waals surface area contributed by atoms with Gasteiger partial charge in [0.2, 0.25) is 0 Å². The molecule has 2 heterocycles. The molecule has 0 radical (unpaired) electrons. The summed E-state index contributed by atoms with van der Waals surface area (Å²) in [5.41, 5.74) is 3.65. The highest BCUT2D eigenvalue weighted by Crippen LogP contribution is 2.19. The quantitative estimate of drug-likeness (QED) is 0.277. The number of aliphatic imine (C=N–C) groups is 1. The molecule has 31 heavy (non-hydrogen) atoms. The number of nitrogens with one attached hydrogen (secondary N) is 2. The lowest BCUT2D eigenvalue weighted by Crippen LogP contribution is -2.44. The Bertz CT molecular complexity index is 924. The van der Waals surface area contributed by atoms with Crippen molar-refractivity contribution in [3.8, 4) is 5.69 Å². The molecule has 0 aliphatic carbocycles. The average molecular weight is 530 g/mol. The van der Waals surface area contributed by atoms with Crippen molar-refractivity contribution in [1.82, 2.24) is 20.4 Å². The lowest BCUT2D eigenvalue weighted by molar-refractivity contribution is 0.649. The monoisotopic (exact) mass is 530 g/mol. The van der Waals surface area contributed by atoms with Crippen LogP contribution in [-0.2, 0) is 6.42 Å². The first-order valence-corrected chi connectivity index (χ1v) is 10.8. The normalized spacial score (nSPS) is 16.1. The van der Waals surface area contributed by atoms with Gasteiger partial charge in [-0.1, -0.05) is 30.3 Å². The molecule has 0 saturated carbocycles. The summed E-state index contributed by atoms with van der Waals surface area (Å²) in [5.74, 6) is 0.908. The molecular formula is C24H31IN6. The van der Waals surface area contributed by atoms with Crippen LogP contribution in [-0.4, -0.2) is 48.0 Å². The Labute approximate surface area is 201 Å². The van der Waals surface area contributed by atoms with Crippen molar-refractivity contribution < 1.29 is 0 Å². The van der Waals surface area contributed by atoms with Crippen LogP contribution in [0.2, 0.25) is 0 Å². The summed E-state index contributed by atoms with van der Waals surface area (Å²) in [6, 6.07) is 21.5. The van der Waals surface area contributed by atoms with E-state index in [1.165, 1.54) is 11.3 Å². The molecule has 1 aromatic heterocycles. The van der Waals surface area contributed by atoms with E-state index in [1.807, 2.05) is 16.9 Å². The Kier molecular flexibility index (Phi) is 8.75. The van der Waals surface area contributed by atoms with E-state index < -0.39 is 0 Å². The third-order valence-corrected chi connectivity index (χ3v) is 5.37. The molecule has 0 spiro atoms.